The van der Waals surface area contributed by atoms with Crippen molar-refractivity contribution in [3.8, 4) is 0 Å². The largest absolute Gasteiger partial charge is 0.288 e. The molecule has 0 radical (unpaired) electrons. The number of hydrogen-bond donors (Lipinski definition) is 0. The van der Waals surface area contributed by atoms with Crippen LogP contribution in [-0.4, -0.2) is 12.0 Å². The third-order valence-electron chi connectivity index (χ3n) is 2.54. The Morgan fingerprint density at radius 1 is 1.00 bits per heavy atom. The van der Waals surface area contributed by atoms with E-state index in [1.54, 1.807) is 42.1 Å². The van der Waals surface area contributed by atoms with Crippen molar-refractivity contribution >= 4 is 40.7 Å². The van der Waals surface area contributed by atoms with Crippen LogP contribution in [0.1, 0.15) is 15.9 Å². The highest BCUT2D eigenvalue weighted by molar-refractivity contribution is 7.98. The summed E-state index contributed by atoms with van der Waals surface area (Å²) in [5, 5.41) is 0.753. The summed E-state index contributed by atoms with van der Waals surface area (Å²) in [6.45, 7) is 0. The fourth-order valence-electron chi connectivity index (χ4n) is 1.60. The Balaban J connectivity index is 2.41. The SMILES string of the molecule is CSc1ccc(C(=O)c2c(Cl)cccc2Cl)cc1. The Kier molecular flexibility index (Phi) is 4.33. The van der Waals surface area contributed by atoms with Gasteiger partial charge in [-0.05, 0) is 42.7 Å². The molecule has 0 spiro atoms. The first-order chi connectivity index (χ1) is 8.63. The molecule has 2 rings (SSSR count). The molecule has 0 aliphatic carbocycles. The van der Waals surface area contributed by atoms with E-state index in [-0.39, 0.29) is 5.78 Å². The summed E-state index contributed by atoms with van der Waals surface area (Å²) in [5.41, 5.74) is 0.945. The molecule has 0 saturated carbocycles. The quantitative estimate of drug-likeness (QED) is 0.589. The first-order valence-corrected chi connectivity index (χ1v) is 7.24. The third-order valence-corrected chi connectivity index (χ3v) is 3.92. The minimum atomic E-state index is -0.154. The maximum Gasteiger partial charge on any atom is 0.196 e. The summed E-state index contributed by atoms with van der Waals surface area (Å²) < 4.78 is 0. The van der Waals surface area contributed by atoms with Gasteiger partial charge >= 0.3 is 0 Å². The van der Waals surface area contributed by atoms with Gasteiger partial charge in [0, 0.05) is 10.5 Å². The maximum absolute atomic E-state index is 12.3. The van der Waals surface area contributed by atoms with Gasteiger partial charge in [0.05, 0.1) is 15.6 Å². The molecule has 1 nitrogen and oxygen atoms in total. The molecule has 18 heavy (non-hydrogen) atoms. The van der Waals surface area contributed by atoms with E-state index in [1.807, 2.05) is 18.4 Å². The number of hydrogen-bond acceptors (Lipinski definition) is 2. The molecule has 0 heterocycles. The summed E-state index contributed by atoms with van der Waals surface area (Å²) in [6, 6.07) is 12.4. The van der Waals surface area contributed by atoms with Crippen LogP contribution in [0.15, 0.2) is 47.4 Å². The van der Waals surface area contributed by atoms with Crippen LogP contribution in [0.25, 0.3) is 0 Å². The minimum absolute atomic E-state index is 0.154. The number of thioether (sulfide) groups is 1. The van der Waals surface area contributed by atoms with Gasteiger partial charge in [-0.2, -0.15) is 0 Å². The predicted molar refractivity (Wildman–Crippen MR) is 78.1 cm³/mol. The Bertz CT molecular complexity index is 559. The van der Waals surface area contributed by atoms with Crippen molar-refractivity contribution < 1.29 is 4.79 Å². The highest BCUT2D eigenvalue weighted by Crippen LogP contribution is 2.27. The van der Waals surface area contributed by atoms with Crippen LogP contribution in [0.5, 0.6) is 0 Å². The van der Waals surface area contributed by atoms with Crippen LogP contribution >= 0.6 is 35.0 Å². The van der Waals surface area contributed by atoms with Crippen molar-refractivity contribution in [2.75, 3.05) is 6.26 Å². The summed E-state index contributed by atoms with van der Waals surface area (Å²) in [6.07, 6.45) is 1.99. The molecule has 0 atom stereocenters. The second-order valence-corrected chi connectivity index (χ2v) is 5.35. The molecule has 0 N–H and O–H groups in total. The van der Waals surface area contributed by atoms with E-state index in [0.717, 1.165) is 4.90 Å². The van der Waals surface area contributed by atoms with E-state index >= 15 is 0 Å². The van der Waals surface area contributed by atoms with Crippen molar-refractivity contribution in [2.45, 2.75) is 4.90 Å². The molecular formula is C14H10Cl2OS. The lowest BCUT2D eigenvalue weighted by Crippen LogP contribution is -2.03. The predicted octanol–water partition coefficient (Wildman–Crippen LogP) is 4.95. The lowest BCUT2D eigenvalue weighted by atomic mass is 10.0. The van der Waals surface area contributed by atoms with Gasteiger partial charge in [0.2, 0.25) is 0 Å². The zero-order valence-corrected chi connectivity index (χ0v) is 11.9. The molecule has 4 heteroatoms. The smallest absolute Gasteiger partial charge is 0.196 e. The average molecular weight is 297 g/mol. The summed E-state index contributed by atoms with van der Waals surface area (Å²) >= 11 is 13.7. The summed E-state index contributed by atoms with van der Waals surface area (Å²) in [4.78, 5) is 13.4. The van der Waals surface area contributed by atoms with Crippen molar-refractivity contribution in [1.82, 2.24) is 0 Å². The Hall–Kier alpha value is -0.960. The van der Waals surface area contributed by atoms with E-state index in [4.69, 9.17) is 23.2 Å². The number of benzene rings is 2. The molecule has 0 aliphatic rings. The zero-order chi connectivity index (χ0) is 13.1. The molecule has 92 valence electrons. The van der Waals surface area contributed by atoms with Crippen molar-refractivity contribution in [3.63, 3.8) is 0 Å². The Morgan fingerprint density at radius 2 is 1.56 bits per heavy atom. The van der Waals surface area contributed by atoms with Crippen LogP contribution in [0.3, 0.4) is 0 Å². The molecule has 0 bridgehead atoms. The molecule has 0 unspecified atom stereocenters. The van der Waals surface area contributed by atoms with Gasteiger partial charge in [0.25, 0.3) is 0 Å². The first-order valence-electron chi connectivity index (χ1n) is 5.26. The normalized spacial score (nSPS) is 10.4. The molecule has 0 aromatic heterocycles. The van der Waals surface area contributed by atoms with Crippen LogP contribution in [-0.2, 0) is 0 Å². The fraction of sp³-hybridized carbons (Fsp3) is 0.0714. The minimum Gasteiger partial charge on any atom is -0.288 e. The molecule has 0 amide bonds. The number of ketones is 1. The van der Waals surface area contributed by atoms with Gasteiger partial charge in [-0.25, -0.2) is 0 Å². The second-order valence-electron chi connectivity index (χ2n) is 3.65. The Labute approximate surface area is 120 Å². The Morgan fingerprint density at radius 3 is 2.06 bits per heavy atom. The van der Waals surface area contributed by atoms with E-state index in [1.165, 1.54) is 0 Å². The van der Waals surface area contributed by atoms with E-state index in [0.29, 0.717) is 21.2 Å². The van der Waals surface area contributed by atoms with Gasteiger partial charge in [0.15, 0.2) is 5.78 Å². The van der Waals surface area contributed by atoms with E-state index < -0.39 is 0 Å². The fourth-order valence-corrected chi connectivity index (χ4v) is 2.58. The number of carbonyl (C=O) groups excluding carboxylic acids is 1. The standard InChI is InChI=1S/C14H10Cl2OS/c1-18-10-7-5-9(6-8-10)14(17)13-11(15)3-2-4-12(13)16/h2-8H,1H3. The van der Waals surface area contributed by atoms with Crippen LogP contribution < -0.4 is 0 Å². The summed E-state index contributed by atoms with van der Waals surface area (Å²) in [7, 11) is 0. The maximum atomic E-state index is 12.3. The van der Waals surface area contributed by atoms with Crippen molar-refractivity contribution in [1.29, 1.82) is 0 Å². The highest BCUT2D eigenvalue weighted by Gasteiger charge is 2.16. The van der Waals surface area contributed by atoms with E-state index in [2.05, 4.69) is 0 Å². The van der Waals surface area contributed by atoms with Crippen LogP contribution in [0.2, 0.25) is 10.0 Å². The van der Waals surface area contributed by atoms with Gasteiger partial charge in [0.1, 0.15) is 0 Å². The van der Waals surface area contributed by atoms with Crippen LogP contribution in [0.4, 0.5) is 0 Å². The molecule has 0 saturated heterocycles. The summed E-state index contributed by atoms with van der Waals surface area (Å²) in [5.74, 6) is -0.154. The van der Waals surface area contributed by atoms with Gasteiger partial charge in [-0.3, -0.25) is 4.79 Å². The molecular weight excluding hydrogens is 287 g/mol. The zero-order valence-electron chi connectivity index (χ0n) is 9.61. The van der Waals surface area contributed by atoms with Gasteiger partial charge < -0.3 is 0 Å². The lowest BCUT2D eigenvalue weighted by Gasteiger charge is -2.06. The van der Waals surface area contributed by atoms with Crippen LogP contribution in [0, 0.1) is 0 Å². The molecule has 2 aromatic rings. The third kappa shape index (κ3) is 2.72. The number of rotatable bonds is 3. The van der Waals surface area contributed by atoms with Crippen molar-refractivity contribution in [3.05, 3.63) is 63.6 Å². The number of halogens is 2. The molecule has 2 aromatic carbocycles. The van der Waals surface area contributed by atoms with E-state index in [9.17, 15) is 4.79 Å². The molecule has 0 fully saturated rings. The van der Waals surface area contributed by atoms with Gasteiger partial charge in [-0.15, -0.1) is 11.8 Å². The number of carbonyl (C=O) groups is 1. The second kappa shape index (κ2) is 5.79. The van der Waals surface area contributed by atoms with Gasteiger partial charge in [-0.1, -0.05) is 29.3 Å². The molecule has 0 aliphatic heterocycles. The topological polar surface area (TPSA) is 17.1 Å². The first kappa shape index (κ1) is 13.5. The average Bonchev–Trinajstić information content (AvgIpc) is 2.38. The monoisotopic (exact) mass is 296 g/mol. The highest BCUT2D eigenvalue weighted by atomic mass is 35.5. The lowest BCUT2D eigenvalue weighted by molar-refractivity contribution is 0.103. The van der Waals surface area contributed by atoms with Crippen molar-refractivity contribution in [2.24, 2.45) is 0 Å².